The summed E-state index contributed by atoms with van der Waals surface area (Å²) in [5, 5.41) is -0.356. The molecular weight excluding hydrogens is 494 g/mol. The van der Waals surface area contributed by atoms with Crippen molar-refractivity contribution in [2.24, 2.45) is 0 Å². The largest absolute Gasteiger partial charge is 0.487 e. The van der Waals surface area contributed by atoms with E-state index in [-0.39, 0.29) is 17.7 Å². The van der Waals surface area contributed by atoms with Crippen molar-refractivity contribution >= 4 is 60.8 Å². The van der Waals surface area contributed by atoms with Crippen LogP contribution in [0.3, 0.4) is 0 Å². The van der Waals surface area contributed by atoms with Gasteiger partial charge in [0.25, 0.3) is 11.1 Å². The molecule has 136 valence electrons. The number of rotatable bonds is 5. The number of hydrogen-bond donors (Lipinski definition) is 0. The Morgan fingerprint density at radius 1 is 1.15 bits per heavy atom. The SMILES string of the molecule is C#CCN1C(=O)S/C(=C/c2cc(Br)c(OCc3ccccc3)c(Br)c2)C1=O. The van der Waals surface area contributed by atoms with Gasteiger partial charge >= 0.3 is 0 Å². The number of carbonyl (C=O) groups is 2. The lowest BCUT2D eigenvalue weighted by Gasteiger charge is -2.11. The van der Waals surface area contributed by atoms with E-state index >= 15 is 0 Å². The molecule has 0 bridgehead atoms. The molecule has 4 nitrogen and oxygen atoms in total. The van der Waals surface area contributed by atoms with Crippen molar-refractivity contribution in [2.45, 2.75) is 6.61 Å². The van der Waals surface area contributed by atoms with Gasteiger partial charge in [0.2, 0.25) is 0 Å². The molecule has 0 spiro atoms. The third-order valence-electron chi connectivity index (χ3n) is 3.67. The Morgan fingerprint density at radius 3 is 2.44 bits per heavy atom. The number of halogens is 2. The maximum absolute atomic E-state index is 12.3. The zero-order valence-corrected chi connectivity index (χ0v) is 17.9. The summed E-state index contributed by atoms with van der Waals surface area (Å²) >= 11 is 7.89. The average molecular weight is 507 g/mol. The summed E-state index contributed by atoms with van der Waals surface area (Å²) < 4.78 is 7.37. The van der Waals surface area contributed by atoms with Gasteiger partial charge in [0.1, 0.15) is 12.4 Å². The van der Waals surface area contributed by atoms with Crippen LogP contribution >= 0.6 is 43.6 Å². The van der Waals surface area contributed by atoms with E-state index in [1.165, 1.54) is 0 Å². The van der Waals surface area contributed by atoms with Crippen molar-refractivity contribution in [3.05, 3.63) is 67.4 Å². The predicted octanol–water partition coefficient (Wildman–Crippen LogP) is 5.46. The summed E-state index contributed by atoms with van der Waals surface area (Å²) in [5.41, 5.74) is 1.81. The first-order valence-electron chi connectivity index (χ1n) is 7.84. The summed E-state index contributed by atoms with van der Waals surface area (Å²) in [6.45, 7) is 0.407. The van der Waals surface area contributed by atoms with Crippen LogP contribution in [0.2, 0.25) is 0 Å². The molecular formula is C20H13Br2NO3S. The maximum atomic E-state index is 12.3. The molecule has 2 aromatic carbocycles. The van der Waals surface area contributed by atoms with E-state index in [0.29, 0.717) is 17.3 Å². The van der Waals surface area contributed by atoms with Gasteiger partial charge in [0, 0.05) is 0 Å². The smallest absolute Gasteiger partial charge is 0.294 e. The summed E-state index contributed by atoms with van der Waals surface area (Å²) in [4.78, 5) is 25.5. The third-order valence-corrected chi connectivity index (χ3v) is 5.75. The molecule has 0 unspecified atom stereocenters. The van der Waals surface area contributed by atoms with Crippen molar-refractivity contribution in [3.63, 3.8) is 0 Å². The summed E-state index contributed by atoms with van der Waals surface area (Å²) in [6.07, 6.45) is 6.87. The standard InChI is InChI=1S/C20H13Br2NO3S/c1-2-8-23-19(24)17(27-20(23)25)11-14-9-15(21)18(16(22)10-14)26-12-13-6-4-3-5-7-13/h1,3-7,9-11H,8,12H2/b17-11+. The number of nitrogens with zero attached hydrogens (tertiary/aromatic N) is 1. The third kappa shape index (κ3) is 4.64. The van der Waals surface area contributed by atoms with E-state index in [9.17, 15) is 9.59 Å². The van der Waals surface area contributed by atoms with E-state index in [0.717, 1.165) is 36.7 Å². The fourth-order valence-corrected chi connectivity index (χ4v) is 4.70. The van der Waals surface area contributed by atoms with Crippen LogP contribution in [0.25, 0.3) is 6.08 Å². The summed E-state index contributed by atoms with van der Waals surface area (Å²) in [7, 11) is 0. The molecule has 7 heteroatoms. The van der Waals surface area contributed by atoms with Gasteiger partial charge in [0.05, 0.1) is 20.4 Å². The van der Waals surface area contributed by atoms with Gasteiger partial charge < -0.3 is 4.74 Å². The molecule has 1 saturated heterocycles. The second-order valence-corrected chi connectivity index (χ2v) is 8.26. The van der Waals surface area contributed by atoms with Crippen molar-refractivity contribution in [3.8, 4) is 18.1 Å². The van der Waals surface area contributed by atoms with E-state index in [2.05, 4.69) is 37.8 Å². The number of ether oxygens (including phenoxy) is 1. The lowest BCUT2D eigenvalue weighted by molar-refractivity contribution is -0.122. The number of carbonyl (C=O) groups excluding carboxylic acids is 2. The van der Waals surface area contributed by atoms with Gasteiger partial charge in [-0.25, -0.2) is 0 Å². The first-order chi connectivity index (χ1) is 13.0. The van der Waals surface area contributed by atoms with Crippen LogP contribution in [0, 0.1) is 12.3 Å². The molecule has 2 aromatic rings. The molecule has 0 N–H and O–H groups in total. The minimum absolute atomic E-state index is 0.0261. The summed E-state index contributed by atoms with van der Waals surface area (Å²) in [5.74, 6) is 2.61. The number of benzene rings is 2. The molecule has 1 fully saturated rings. The first kappa shape index (κ1) is 19.7. The Morgan fingerprint density at radius 2 is 1.81 bits per heavy atom. The van der Waals surface area contributed by atoms with E-state index in [4.69, 9.17) is 11.2 Å². The van der Waals surface area contributed by atoms with Crippen molar-refractivity contribution in [1.82, 2.24) is 4.90 Å². The Hall–Kier alpha value is -2.01. The summed E-state index contributed by atoms with van der Waals surface area (Å²) in [6, 6.07) is 13.5. The molecule has 27 heavy (non-hydrogen) atoms. The molecule has 0 radical (unpaired) electrons. The maximum Gasteiger partial charge on any atom is 0.294 e. The molecule has 0 aromatic heterocycles. The lowest BCUT2D eigenvalue weighted by Crippen LogP contribution is -2.28. The van der Waals surface area contributed by atoms with Crippen LogP contribution < -0.4 is 4.74 Å². The highest BCUT2D eigenvalue weighted by Gasteiger charge is 2.34. The van der Waals surface area contributed by atoms with Crippen LogP contribution in [0.5, 0.6) is 5.75 Å². The molecule has 3 rings (SSSR count). The fourth-order valence-electron chi connectivity index (χ4n) is 2.41. The molecule has 2 amide bonds. The van der Waals surface area contributed by atoms with Crippen LogP contribution in [-0.4, -0.2) is 22.6 Å². The molecule has 0 atom stereocenters. The van der Waals surface area contributed by atoms with E-state index < -0.39 is 0 Å². The van der Waals surface area contributed by atoms with E-state index in [1.54, 1.807) is 6.08 Å². The lowest BCUT2D eigenvalue weighted by atomic mass is 10.2. The number of amides is 2. The van der Waals surface area contributed by atoms with Gasteiger partial charge in [-0.2, -0.15) is 0 Å². The van der Waals surface area contributed by atoms with Crippen LogP contribution in [0.15, 0.2) is 56.3 Å². The van der Waals surface area contributed by atoms with Crippen molar-refractivity contribution in [2.75, 3.05) is 6.54 Å². The average Bonchev–Trinajstić information content (AvgIpc) is 2.90. The minimum Gasteiger partial charge on any atom is -0.487 e. The van der Waals surface area contributed by atoms with Crippen molar-refractivity contribution in [1.29, 1.82) is 0 Å². The zero-order valence-electron chi connectivity index (χ0n) is 13.9. The number of hydrogen-bond acceptors (Lipinski definition) is 4. The van der Waals surface area contributed by atoms with E-state index in [1.807, 2.05) is 42.5 Å². The Bertz CT molecular complexity index is 944. The quantitative estimate of drug-likeness (QED) is 0.399. The molecule has 1 heterocycles. The van der Waals surface area contributed by atoms with Gasteiger partial charge in [-0.05, 0) is 73.0 Å². The molecule has 0 aliphatic carbocycles. The topological polar surface area (TPSA) is 46.6 Å². The highest BCUT2D eigenvalue weighted by Crippen LogP contribution is 2.38. The zero-order chi connectivity index (χ0) is 19.4. The highest BCUT2D eigenvalue weighted by atomic mass is 79.9. The van der Waals surface area contributed by atoms with Gasteiger partial charge in [0.15, 0.2) is 0 Å². The van der Waals surface area contributed by atoms with Crippen LogP contribution in [0.4, 0.5) is 4.79 Å². The van der Waals surface area contributed by atoms with Gasteiger partial charge in [-0.3, -0.25) is 14.5 Å². The molecule has 0 saturated carbocycles. The molecule has 1 aliphatic rings. The van der Waals surface area contributed by atoms with Crippen LogP contribution in [-0.2, 0) is 11.4 Å². The monoisotopic (exact) mass is 505 g/mol. The second-order valence-electron chi connectivity index (χ2n) is 5.56. The second kappa shape index (κ2) is 8.79. The minimum atomic E-state index is -0.375. The number of thioether (sulfide) groups is 1. The number of imide groups is 1. The predicted molar refractivity (Wildman–Crippen MR) is 114 cm³/mol. The normalized spacial score (nSPS) is 15.3. The molecule has 1 aliphatic heterocycles. The van der Waals surface area contributed by atoms with Crippen molar-refractivity contribution < 1.29 is 14.3 Å². The number of terminal acetylenes is 1. The highest BCUT2D eigenvalue weighted by molar-refractivity contribution is 9.11. The Balaban J connectivity index is 1.80. The van der Waals surface area contributed by atoms with Gasteiger partial charge in [-0.15, -0.1) is 6.42 Å². The Labute approximate surface area is 178 Å². The first-order valence-corrected chi connectivity index (χ1v) is 10.2. The Kier molecular flexibility index (Phi) is 6.42. The fraction of sp³-hybridized carbons (Fsp3) is 0.100. The van der Waals surface area contributed by atoms with Gasteiger partial charge in [-0.1, -0.05) is 36.3 Å². The van der Waals surface area contributed by atoms with Crippen LogP contribution in [0.1, 0.15) is 11.1 Å².